The molecule has 0 fully saturated rings. The molecule has 12 heavy (non-hydrogen) atoms. The van der Waals surface area contributed by atoms with Crippen molar-refractivity contribution in [3.05, 3.63) is 27.8 Å². The minimum absolute atomic E-state index is 0.0537. The maximum absolute atomic E-state index is 13.0. The van der Waals surface area contributed by atoms with Crippen LogP contribution in [0.3, 0.4) is 0 Å². The molecule has 0 bridgehead atoms. The van der Waals surface area contributed by atoms with Crippen LogP contribution in [0.15, 0.2) is 21.0 Å². The van der Waals surface area contributed by atoms with E-state index in [1.54, 1.807) is 6.07 Å². The summed E-state index contributed by atoms with van der Waals surface area (Å²) in [5, 5.41) is -0.0537. The van der Waals surface area contributed by atoms with Crippen LogP contribution in [0.2, 0.25) is 5.35 Å². The number of halogens is 3. The van der Waals surface area contributed by atoms with Crippen LogP contribution in [-0.2, 0) is 0 Å². The summed E-state index contributed by atoms with van der Waals surface area (Å²) in [4.78, 5) is 3.76. The number of aromatic nitrogens is 1. The first-order chi connectivity index (χ1) is 5.66. The largest absolute Gasteiger partial charge is 0.424 e. The van der Waals surface area contributed by atoms with E-state index >= 15 is 0 Å². The maximum atomic E-state index is 13.0. The van der Waals surface area contributed by atoms with Crippen LogP contribution in [0.25, 0.3) is 11.1 Å². The summed E-state index contributed by atoms with van der Waals surface area (Å²) in [6.07, 6.45) is 0. The zero-order valence-corrected chi connectivity index (χ0v) is 7.99. The van der Waals surface area contributed by atoms with Gasteiger partial charge in [0.1, 0.15) is 5.52 Å². The van der Waals surface area contributed by atoms with E-state index < -0.39 is 5.82 Å². The van der Waals surface area contributed by atoms with Crippen LogP contribution in [0.5, 0.6) is 0 Å². The molecule has 62 valence electrons. The van der Waals surface area contributed by atoms with Crippen molar-refractivity contribution < 1.29 is 8.81 Å². The van der Waals surface area contributed by atoms with E-state index in [4.69, 9.17) is 16.0 Å². The first-order valence-corrected chi connectivity index (χ1v) is 4.25. The Morgan fingerprint density at radius 1 is 1.50 bits per heavy atom. The Balaban J connectivity index is 2.88. The molecule has 0 spiro atoms. The summed E-state index contributed by atoms with van der Waals surface area (Å²) in [7, 11) is 0. The van der Waals surface area contributed by atoms with Gasteiger partial charge in [0.05, 0.1) is 0 Å². The summed E-state index contributed by atoms with van der Waals surface area (Å²) in [5.41, 5.74) is 0.495. The highest BCUT2D eigenvalue weighted by atomic mass is 79.9. The molecule has 2 nitrogen and oxygen atoms in total. The van der Waals surface area contributed by atoms with Gasteiger partial charge < -0.3 is 4.42 Å². The summed E-state index contributed by atoms with van der Waals surface area (Å²) >= 11 is 8.58. The summed E-state index contributed by atoms with van der Waals surface area (Å²) in [5.74, 6) is -0.473. The number of benzene rings is 1. The van der Waals surface area contributed by atoms with Gasteiger partial charge in [-0.2, -0.15) is 4.98 Å². The summed E-state index contributed by atoms with van der Waals surface area (Å²) in [6, 6.07) is 2.93. The Morgan fingerprint density at radius 3 is 3.00 bits per heavy atom. The van der Waals surface area contributed by atoms with Gasteiger partial charge in [-0.15, -0.1) is 0 Å². The molecule has 1 aromatic heterocycles. The molecule has 0 aliphatic carbocycles. The molecule has 0 saturated carbocycles. The van der Waals surface area contributed by atoms with Crippen molar-refractivity contribution in [2.24, 2.45) is 0 Å². The highest BCUT2D eigenvalue weighted by molar-refractivity contribution is 9.10. The van der Waals surface area contributed by atoms with Gasteiger partial charge in [0.15, 0.2) is 11.4 Å². The number of rotatable bonds is 0. The van der Waals surface area contributed by atoms with Gasteiger partial charge >= 0.3 is 0 Å². The fraction of sp³-hybridized carbons (Fsp3) is 0. The van der Waals surface area contributed by atoms with Crippen molar-refractivity contribution in [2.75, 3.05) is 0 Å². The Hall–Kier alpha value is -0.610. The lowest BCUT2D eigenvalue weighted by molar-refractivity contribution is 0.555. The second-order valence-electron chi connectivity index (χ2n) is 2.20. The van der Waals surface area contributed by atoms with Gasteiger partial charge in [0, 0.05) is 4.47 Å². The lowest BCUT2D eigenvalue weighted by atomic mass is 10.3. The molecule has 0 amide bonds. The van der Waals surface area contributed by atoms with Crippen LogP contribution in [0.4, 0.5) is 4.39 Å². The van der Waals surface area contributed by atoms with Crippen molar-refractivity contribution in [1.82, 2.24) is 4.98 Å². The van der Waals surface area contributed by atoms with E-state index in [0.29, 0.717) is 9.99 Å². The SMILES string of the molecule is Fc1cc(Br)cc2nc(Cl)oc12. The van der Waals surface area contributed by atoms with E-state index in [1.807, 2.05) is 0 Å². The van der Waals surface area contributed by atoms with Gasteiger partial charge in [-0.1, -0.05) is 15.9 Å². The average molecular weight is 250 g/mol. The third-order valence-electron chi connectivity index (χ3n) is 1.38. The molecule has 0 atom stereocenters. The maximum Gasteiger partial charge on any atom is 0.293 e. The predicted octanol–water partition coefficient (Wildman–Crippen LogP) is 3.38. The number of oxazole rings is 1. The molecule has 0 N–H and O–H groups in total. The Bertz CT molecular complexity index is 442. The highest BCUT2D eigenvalue weighted by Gasteiger charge is 2.09. The molecule has 0 unspecified atom stereocenters. The number of hydrogen-bond donors (Lipinski definition) is 0. The van der Waals surface area contributed by atoms with Gasteiger partial charge in [0.2, 0.25) is 0 Å². The van der Waals surface area contributed by atoms with E-state index in [9.17, 15) is 4.39 Å². The second-order valence-corrected chi connectivity index (χ2v) is 3.44. The van der Waals surface area contributed by atoms with Crippen molar-refractivity contribution in [3.63, 3.8) is 0 Å². The number of hydrogen-bond acceptors (Lipinski definition) is 2. The standard InChI is InChI=1S/C7H2BrClFNO/c8-3-1-4(10)6-5(2-3)11-7(9)12-6/h1-2H. The molecule has 2 rings (SSSR count). The topological polar surface area (TPSA) is 26.0 Å². The van der Waals surface area contributed by atoms with Crippen molar-refractivity contribution in [2.45, 2.75) is 0 Å². The molecule has 0 aliphatic heterocycles. The van der Waals surface area contributed by atoms with Crippen molar-refractivity contribution in [3.8, 4) is 0 Å². The molecule has 1 aromatic carbocycles. The van der Waals surface area contributed by atoms with Crippen molar-refractivity contribution in [1.29, 1.82) is 0 Å². The van der Waals surface area contributed by atoms with Crippen LogP contribution < -0.4 is 0 Å². The normalized spacial score (nSPS) is 10.9. The quantitative estimate of drug-likeness (QED) is 0.716. The monoisotopic (exact) mass is 249 g/mol. The fourth-order valence-electron chi connectivity index (χ4n) is 0.933. The third-order valence-corrected chi connectivity index (χ3v) is 2.00. The van der Waals surface area contributed by atoms with Crippen LogP contribution in [-0.4, -0.2) is 4.98 Å². The average Bonchev–Trinajstić information content (AvgIpc) is 2.29. The minimum Gasteiger partial charge on any atom is -0.424 e. The van der Waals surface area contributed by atoms with Gasteiger partial charge in [-0.05, 0) is 23.7 Å². The molecule has 0 radical (unpaired) electrons. The van der Waals surface area contributed by atoms with Crippen LogP contribution in [0.1, 0.15) is 0 Å². The van der Waals surface area contributed by atoms with E-state index in [-0.39, 0.29) is 10.9 Å². The number of nitrogens with zero attached hydrogens (tertiary/aromatic N) is 1. The van der Waals surface area contributed by atoms with Crippen LogP contribution in [0, 0.1) is 5.82 Å². The fourth-order valence-corrected chi connectivity index (χ4v) is 1.52. The Labute approximate surface area is 80.5 Å². The van der Waals surface area contributed by atoms with Crippen LogP contribution >= 0.6 is 27.5 Å². The molecule has 0 saturated heterocycles. The molecule has 5 heteroatoms. The summed E-state index contributed by atoms with van der Waals surface area (Å²) in [6.45, 7) is 0. The molecular weight excluding hydrogens is 248 g/mol. The van der Waals surface area contributed by atoms with Gasteiger partial charge in [-0.25, -0.2) is 4.39 Å². The minimum atomic E-state index is -0.473. The zero-order valence-electron chi connectivity index (χ0n) is 5.64. The van der Waals surface area contributed by atoms with E-state index in [0.717, 1.165) is 0 Å². The zero-order chi connectivity index (χ0) is 8.72. The van der Waals surface area contributed by atoms with Gasteiger partial charge in [0.25, 0.3) is 5.35 Å². The molecule has 1 heterocycles. The first-order valence-electron chi connectivity index (χ1n) is 3.08. The smallest absolute Gasteiger partial charge is 0.293 e. The molecule has 0 aliphatic rings. The second kappa shape index (κ2) is 2.71. The van der Waals surface area contributed by atoms with Crippen molar-refractivity contribution >= 4 is 38.6 Å². The van der Waals surface area contributed by atoms with E-state index in [2.05, 4.69) is 20.9 Å². The Morgan fingerprint density at radius 2 is 2.25 bits per heavy atom. The lowest BCUT2D eigenvalue weighted by Crippen LogP contribution is -1.75. The third kappa shape index (κ3) is 1.21. The van der Waals surface area contributed by atoms with Gasteiger partial charge in [-0.3, -0.25) is 0 Å². The first kappa shape index (κ1) is 8.01. The van der Waals surface area contributed by atoms with E-state index in [1.165, 1.54) is 6.07 Å². The lowest BCUT2D eigenvalue weighted by Gasteiger charge is -1.90. The number of fused-ring (bicyclic) bond motifs is 1. The highest BCUT2D eigenvalue weighted by Crippen LogP contribution is 2.25. The predicted molar refractivity (Wildman–Crippen MR) is 46.7 cm³/mol. The Kier molecular flexibility index (Phi) is 1.81. The molecular formula is C7H2BrClFNO. The summed E-state index contributed by atoms with van der Waals surface area (Å²) < 4.78 is 18.5. The molecule has 2 aromatic rings.